The molecule has 0 unspecified atom stereocenters. The van der Waals surface area contributed by atoms with Gasteiger partial charge in [-0.1, -0.05) is 58.0 Å². The van der Waals surface area contributed by atoms with Crippen LogP contribution in [0, 0.1) is 11.3 Å². The summed E-state index contributed by atoms with van der Waals surface area (Å²) in [5, 5.41) is 0. The molecule has 0 saturated carbocycles. The molecule has 0 bridgehead atoms. The first-order chi connectivity index (χ1) is 8.00. The van der Waals surface area contributed by atoms with Crippen molar-refractivity contribution in [3.63, 3.8) is 0 Å². The molecular formula is C15H22O2. The fraction of sp³-hybridized carbons (Fsp3) is 0.600. The molecule has 1 heterocycles. The van der Waals surface area contributed by atoms with E-state index < -0.39 is 0 Å². The van der Waals surface area contributed by atoms with Crippen LogP contribution in [0.1, 0.15) is 39.5 Å². The standard InChI is InChI=1S/C15H22O2/c1-11(2)13-15(3,4)10-16-14(17-13)12-8-6-5-7-9-12/h5-9,11,13-14H,10H2,1-4H3/t13-,14+/m1/s1. The van der Waals surface area contributed by atoms with E-state index in [1.54, 1.807) is 0 Å². The zero-order valence-electron chi connectivity index (χ0n) is 11.1. The number of benzene rings is 1. The van der Waals surface area contributed by atoms with Gasteiger partial charge < -0.3 is 9.47 Å². The number of hydrogen-bond donors (Lipinski definition) is 0. The molecule has 1 aromatic rings. The molecule has 1 aliphatic heterocycles. The van der Waals surface area contributed by atoms with E-state index in [0.29, 0.717) is 5.92 Å². The van der Waals surface area contributed by atoms with Crippen LogP contribution in [0.3, 0.4) is 0 Å². The lowest BCUT2D eigenvalue weighted by Crippen LogP contribution is -2.45. The van der Waals surface area contributed by atoms with E-state index >= 15 is 0 Å². The molecule has 0 aromatic heterocycles. The van der Waals surface area contributed by atoms with E-state index in [1.807, 2.05) is 18.2 Å². The van der Waals surface area contributed by atoms with Crippen LogP contribution in [0.5, 0.6) is 0 Å². The summed E-state index contributed by atoms with van der Waals surface area (Å²) in [7, 11) is 0. The van der Waals surface area contributed by atoms with Crippen molar-refractivity contribution in [2.45, 2.75) is 40.1 Å². The maximum atomic E-state index is 6.13. The second kappa shape index (κ2) is 4.79. The first kappa shape index (κ1) is 12.6. The SMILES string of the molecule is CC(C)[C@H]1O[C@@H](c2ccccc2)OCC1(C)C. The van der Waals surface area contributed by atoms with E-state index in [0.717, 1.165) is 12.2 Å². The average molecular weight is 234 g/mol. The Morgan fingerprint density at radius 3 is 2.41 bits per heavy atom. The maximum absolute atomic E-state index is 6.13. The van der Waals surface area contributed by atoms with Crippen LogP contribution in [0.2, 0.25) is 0 Å². The van der Waals surface area contributed by atoms with Crippen LogP contribution in [0.25, 0.3) is 0 Å². The molecule has 0 N–H and O–H groups in total. The minimum atomic E-state index is -0.211. The quantitative estimate of drug-likeness (QED) is 0.775. The van der Waals surface area contributed by atoms with Gasteiger partial charge in [0.1, 0.15) is 0 Å². The van der Waals surface area contributed by atoms with Crippen LogP contribution in [0.15, 0.2) is 30.3 Å². The second-order valence-corrected chi connectivity index (χ2v) is 5.84. The maximum Gasteiger partial charge on any atom is 0.184 e. The highest BCUT2D eigenvalue weighted by atomic mass is 16.7. The molecule has 0 radical (unpaired) electrons. The lowest BCUT2D eigenvalue weighted by Gasteiger charge is -2.44. The summed E-state index contributed by atoms with van der Waals surface area (Å²) in [6.07, 6.45) is 0.0260. The molecule has 0 amide bonds. The Morgan fingerprint density at radius 2 is 1.82 bits per heavy atom. The van der Waals surface area contributed by atoms with Gasteiger partial charge in [0.25, 0.3) is 0 Å². The van der Waals surface area contributed by atoms with Crippen molar-refractivity contribution in [1.82, 2.24) is 0 Å². The van der Waals surface area contributed by atoms with E-state index in [9.17, 15) is 0 Å². The van der Waals surface area contributed by atoms with Crippen molar-refractivity contribution in [3.05, 3.63) is 35.9 Å². The van der Waals surface area contributed by atoms with Gasteiger partial charge in [0.15, 0.2) is 6.29 Å². The van der Waals surface area contributed by atoms with Crippen molar-refractivity contribution in [3.8, 4) is 0 Å². The van der Waals surface area contributed by atoms with Crippen molar-refractivity contribution in [1.29, 1.82) is 0 Å². The summed E-state index contributed by atoms with van der Waals surface area (Å²) in [5.41, 5.74) is 1.19. The molecule has 1 fully saturated rings. The molecule has 1 saturated heterocycles. The predicted octanol–water partition coefficient (Wildman–Crippen LogP) is 3.78. The van der Waals surface area contributed by atoms with E-state index in [1.165, 1.54) is 0 Å². The number of hydrogen-bond acceptors (Lipinski definition) is 2. The summed E-state index contributed by atoms with van der Waals surface area (Å²) < 4.78 is 12.0. The molecular weight excluding hydrogens is 212 g/mol. The molecule has 17 heavy (non-hydrogen) atoms. The summed E-state index contributed by atoms with van der Waals surface area (Å²) in [4.78, 5) is 0. The molecule has 0 aliphatic carbocycles. The van der Waals surface area contributed by atoms with Crippen LogP contribution in [-0.4, -0.2) is 12.7 Å². The zero-order chi connectivity index (χ0) is 12.5. The fourth-order valence-corrected chi connectivity index (χ4v) is 2.57. The minimum Gasteiger partial charge on any atom is -0.348 e. The van der Waals surface area contributed by atoms with E-state index in [2.05, 4.69) is 39.8 Å². The van der Waals surface area contributed by atoms with Gasteiger partial charge in [-0.25, -0.2) is 0 Å². The fourth-order valence-electron chi connectivity index (χ4n) is 2.57. The third-order valence-electron chi connectivity index (χ3n) is 3.32. The summed E-state index contributed by atoms with van der Waals surface area (Å²) in [5.74, 6) is 0.500. The molecule has 94 valence electrons. The van der Waals surface area contributed by atoms with Crippen LogP contribution in [-0.2, 0) is 9.47 Å². The molecule has 2 rings (SSSR count). The van der Waals surface area contributed by atoms with Crippen molar-refractivity contribution >= 4 is 0 Å². The van der Waals surface area contributed by atoms with Gasteiger partial charge in [-0.3, -0.25) is 0 Å². The van der Waals surface area contributed by atoms with Gasteiger partial charge in [-0.05, 0) is 5.92 Å². The third kappa shape index (κ3) is 2.70. The molecule has 2 nitrogen and oxygen atoms in total. The van der Waals surface area contributed by atoms with Gasteiger partial charge in [0, 0.05) is 11.0 Å². The lowest BCUT2D eigenvalue weighted by atomic mass is 9.80. The van der Waals surface area contributed by atoms with Crippen LogP contribution >= 0.6 is 0 Å². The summed E-state index contributed by atoms with van der Waals surface area (Å²) in [6, 6.07) is 10.2. The first-order valence-electron chi connectivity index (χ1n) is 6.33. The van der Waals surface area contributed by atoms with Crippen molar-refractivity contribution < 1.29 is 9.47 Å². The predicted molar refractivity (Wildman–Crippen MR) is 68.6 cm³/mol. The Bertz CT molecular complexity index is 356. The molecule has 0 spiro atoms. The Morgan fingerprint density at radius 1 is 1.18 bits per heavy atom. The third-order valence-corrected chi connectivity index (χ3v) is 3.32. The number of rotatable bonds is 2. The van der Waals surface area contributed by atoms with Gasteiger partial charge in [-0.15, -0.1) is 0 Å². The first-order valence-corrected chi connectivity index (χ1v) is 6.33. The highest BCUT2D eigenvalue weighted by molar-refractivity contribution is 5.16. The van der Waals surface area contributed by atoms with Crippen molar-refractivity contribution in [2.75, 3.05) is 6.61 Å². The van der Waals surface area contributed by atoms with Crippen LogP contribution in [0.4, 0.5) is 0 Å². The topological polar surface area (TPSA) is 18.5 Å². The van der Waals surface area contributed by atoms with Crippen molar-refractivity contribution in [2.24, 2.45) is 11.3 Å². The largest absolute Gasteiger partial charge is 0.348 e. The lowest BCUT2D eigenvalue weighted by molar-refractivity contribution is -0.274. The Balaban J connectivity index is 2.15. The Labute approximate surface area is 104 Å². The van der Waals surface area contributed by atoms with E-state index in [-0.39, 0.29) is 17.8 Å². The van der Waals surface area contributed by atoms with Gasteiger partial charge in [0.05, 0.1) is 12.7 Å². The van der Waals surface area contributed by atoms with Gasteiger partial charge in [-0.2, -0.15) is 0 Å². The number of ether oxygens (including phenoxy) is 2. The van der Waals surface area contributed by atoms with Gasteiger partial charge in [0.2, 0.25) is 0 Å². The molecule has 1 aromatic carbocycles. The summed E-state index contributed by atoms with van der Waals surface area (Å²) in [6.45, 7) is 9.58. The van der Waals surface area contributed by atoms with Crippen LogP contribution < -0.4 is 0 Å². The van der Waals surface area contributed by atoms with Gasteiger partial charge >= 0.3 is 0 Å². The monoisotopic (exact) mass is 234 g/mol. The average Bonchev–Trinajstić information content (AvgIpc) is 2.29. The second-order valence-electron chi connectivity index (χ2n) is 5.84. The van der Waals surface area contributed by atoms with E-state index in [4.69, 9.17) is 9.47 Å². The molecule has 2 atom stereocenters. The molecule has 1 aliphatic rings. The minimum absolute atomic E-state index is 0.0828. The summed E-state index contributed by atoms with van der Waals surface area (Å²) >= 11 is 0. The smallest absolute Gasteiger partial charge is 0.184 e. The zero-order valence-corrected chi connectivity index (χ0v) is 11.1. The Kier molecular flexibility index (Phi) is 3.55. The molecule has 2 heteroatoms. The normalized spacial score (nSPS) is 28.3. The highest BCUT2D eigenvalue weighted by Gasteiger charge is 2.40. The highest BCUT2D eigenvalue weighted by Crippen LogP contribution is 2.39. The Hall–Kier alpha value is -0.860.